The second-order valence-electron chi connectivity index (χ2n) is 6.65. The molecule has 1 saturated heterocycles. The van der Waals surface area contributed by atoms with Crippen LogP contribution in [0.15, 0.2) is 4.79 Å². The van der Waals surface area contributed by atoms with Gasteiger partial charge in [0.25, 0.3) is 5.56 Å². The maximum absolute atomic E-state index is 12.9. The lowest BCUT2D eigenvalue weighted by Crippen LogP contribution is -2.49. The Hall–Kier alpha value is -2.22. The molecular formula is C17H24N4O4. The van der Waals surface area contributed by atoms with Crippen LogP contribution in [0.25, 0.3) is 0 Å². The SMILES string of the molecule is COCCN1C[C@H](C(=O)N2CCc3c(nc(C)[nH]c3=O)C2)CCC1=O. The lowest BCUT2D eigenvalue weighted by molar-refractivity contribution is -0.144. The Morgan fingerprint density at radius 3 is 2.92 bits per heavy atom. The third kappa shape index (κ3) is 3.73. The molecule has 3 heterocycles. The number of nitrogens with zero attached hydrogens (tertiary/aromatic N) is 3. The van der Waals surface area contributed by atoms with Crippen LogP contribution in [0.5, 0.6) is 0 Å². The molecule has 0 aliphatic carbocycles. The Morgan fingerprint density at radius 1 is 1.36 bits per heavy atom. The molecule has 1 fully saturated rings. The van der Waals surface area contributed by atoms with E-state index in [1.165, 1.54) is 0 Å². The number of H-pyrrole nitrogens is 1. The first-order chi connectivity index (χ1) is 12.0. The lowest BCUT2D eigenvalue weighted by Gasteiger charge is -2.36. The molecule has 25 heavy (non-hydrogen) atoms. The molecule has 0 unspecified atom stereocenters. The van der Waals surface area contributed by atoms with E-state index in [-0.39, 0.29) is 23.3 Å². The molecule has 136 valence electrons. The van der Waals surface area contributed by atoms with Crippen LogP contribution < -0.4 is 5.56 Å². The number of methoxy groups -OCH3 is 1. The Bertz CT molecular complexity index is 730. The molecule has 0 aromatic carbocycles. The van der Waals surface area contributed by atoms with Crippen LogP contribution in [0.3, 0.4) is 0 Å². The molecule has 2 amide bonds. The van der Waals surface area contributed by atoms with E-state index in [4.69, 9.17) is 4.74 Å². The molecule has 1 atom stereocenters. The summed E-state index contributed by atoms with van der Waals surface area (Å²) in [6.07, 6.45) is 1.48. The number of hydrogen-bond donors (Lipinski definition) is 1. The maximum Gasteiger partial charge on any atom is 0.254 e. The number of nitrogens with one attached hydrogen (secondary N) is 1. The number of carbonyl (C=O) groups excluding carboxylic acids is 2. The molecule has 3 rings (SSSR count). The zero-order chi connectivity index (χ0) is 18.0. The van der Waals surface area contributed by atoms with Crippen molar-refractivity contribution >= 4 is 11.8 Å². The molecule has 0 radical (unpaired) electrons. The van der Waals surface area contributed by atoms with E-state index in [0.29, 0.717) is 69.1 Å². The van der Waals surface area contributed by atoms with Crippen LogP contribution >= 0.6 is 0 Å². The highest BCUT2D eigenvalue weighted by Crippen LogP contribution is 2.23. The molecule has 8 heteroatoms. The van der Waals surface area contributed by atoms with Gasteiger partial charge in [0.1, 0.15) is 5.82 Å². The summed E-state index contributed by atoms with van der Waals surface area (Å²) in [5, 5.41) is 0. The quantitative estimate of drug-likeness (QED) is 0.816. The summed E-state index contributed by atoms with van der Waals surface area (Å²) in [7, 11) is 1.60. The third-order valence-corrected chi connectivity index (χ3v) is 4.92. The van der Waals surface area contributed by atoms with Gasteiger partial charge in [-0.3, -0.25) is 14.4 Å². The number of likely N-dealkylation sites (tertiary alicyclic amines) is 1. The zero-order valence-electron chi connectivity index (χ0n) is 14.7. The first-order valence-corrected chi connectivity index (χ1v) is 8.63. The van der Waals surface area contributed by atoms with Gasteiger partial charge in [-0.05, 0) is 19.8 Å². The summed E-state index contributed by atoms with van der Waals surface area (Å²) < 4.78 is 5.04. The summed E-state index contributed by atoms with van der Waals surface area (Å²) in [5.74, 6) is 0.487. The highest BCUT2D eigenvalue weighted by atomic mass is 16.5. The third-order valence-electron chi connectivity index (χ3n) is 4.92. The number of piperidine rings is 1. The smallest absolute Gasteiger partial charge is 0.254 e. The predicted octanol–water partition coefficient (Wildman–Crippen LogP) is -0.152. The number of rotatable bonds is 4. The van der Waals surface area contributed by atoms with Crippen molar-refractivity contribution in [1.29, 1.82) is 0 Å². The van der Waals surface area contributed by atoms with E-state index < -0.39 is 0 Å². The van der Waals surface area contributed by atoms with Gasteiger partial charge in [0.2, 0.25) is 11.8 Å². The van der Waals surface area contributed by atoms with E-state index >= 15 is 0 Å². The lowest BCUT2D eigenvalue weighted by atomic mass is 9.94. The summed E-state index contributed by atoms with van der Waals surface area (Å²) in [6.45, 7) is 4.03. The monoisotopic (exact) mass is 348 g/mol. The number of aromatic amines is 1. The first-order valence-electron chi connectivity index (χ1n) is 8.63. The molecule has 0 bridgehead atoms. The Kier molecular flexibility index (Phi) is 5.17. The zero-order valence-corrected chi connectivity index (χ0v) is 14.7. The van der Waals surface area contributed by atoms with Crippen molar-refractivity contribution in [2.24, 2.45) is 5.92 Å². The van der Waals surface area contributed by atoms with Crippen molar-refractivity contribution in [1.82, 2.24) is 19.8 Å². The standard InChI is InChI=1S/C17H24N4O4/c1-11-18-14-10-21(6-5-13(14)16(23)19-11)17(24)12-3-4-15(22)20(9-12)7-8-25-2/h12H,3-10H2,1-2H3,(H,18,19,23)/t12-/m1/s1. The van der Waals surface area contributed by atoms with Gasteiger partial charge in [-0.25, -0.2) is 4.98 Å². The molecule has 0 spiro atoms. The molecule has 1 aromatic rings. The van der Waals surface area contributed by atoms with Crippen LogP contribution in [-0.4, -0.2) is 64.9 Å². The van der Waals surface area contributed by atoms with Gasteiger partial charge >= 0.3 is 0 Å². The van der Waals surface area contributed by atoms with E-state index in [1.54, 1.807) is 23.8 Å². The number of aryl methyl sites for hydroxylation is 1. The predicted molar refractivity (Wildman–Crippen MR) is 89.9 cm³/mol. The van der Waals surface area contributed by atoms with Crippen molar-refractivity contribution in [2.45, 2.75) is 32.7 Å². The maximum atomic E-state index is 12.9. The minimum absolute atomic E-state index is 0.0419. The highest BCUT2D eigenvalue weighted by molar-refractivity contribution is 5.84. The van der Waals surface area contributed by atoms with E-state index in [1.807, 2.05) is 0 Å². The van der Waals surface area contributed by atoms with E-state index in [0.717, 1.165) is 0 Å². The van der Waals surface area contributed by atoms with Crippen molar-refractivity contribution in [3.8, 4) is 0 Å². The van der Waals surface area contributed by atoms with E-state index in [9.17, 15) is 14.4 Å². The summed E-state index contributed by atoms with van der Waals surface area (Å²) in [4.78, 5) is 47.4. The fraction of sp³-hybridized carbons (Fsp3) is 0.647. The van der Waals surface area contributed by atoms with Gasteiger partial charge < -0.3 is 19.5 Å². The molecule has 1 N–H and O–H groups in total. The molecular weight excluding hydrogens is 324 g/mol. The van der Waals surface area contributed by atoms with Gasteiger partial charge in [-0.15, -0.1) is 0 Å². The summed E-state index contributed by atoms with van der Waals surface area (Å²) >= 11 is 0. The number of hydrogen-bond acceptors (Lipinski definition) is 5. The van der Waals surface area contributed by atoms with Gasteiger partial charge in [0, 0.05) is 38.7 Å². The largest absolute Gasteiger partial charge is 0.383 e. The number of carbonyl (C=O) groups is 2. The van der Waals surface area contributed by atoms with Crippen LogP contribution in [0.4, 0.5) is 0 Å². The number of aromatic nitrogens is 2. The summed E-state index contributed by atoms with van der Waals surface area (Å²) in [6, 6.07) is 0. The first kappa shape index (κ1) is 17.6. The topological polar surface area (TPSA) is 95.6 Å². The Morgan fingerprint density at radius 2 is 2.16 bits per heavy atom. The van der Waals surface area contributed by atoms with Crippen LogP contribution in [-0.2, 0) is 27.3 Å². The van der Waals surface area contributed by atoms with Gasteiger partial charge in [-0.1, -0.05) is 0 Å². The number of amides is 2. The molecule has 1 aromatic heterocycles. The van der Waals surface area contributed by atoms with Gasteiger partial charge in [0.05, 0.1) is 24.8 Å². The van der Waals surface area contributed by atoms with Crippen molar-refractivity contribution in [3.05, 3.63) is 27.4 Å². The molecule has 2 aliphatic heterocycles. The highest BCUT2D eigenvalue weighted by Gasteiger charge is 2.34. The Balaban J connectivity index is 1.69. The molecule has 0 saturated carbocycles. The van der Waals surface area contributed by atoms with Gasteiger partial charge in [0.15, 0.2) is 0 Å². The average molecular weight is 348 g/mol. The van der Waals surface area contributed by atoms with E-state index in [2.05, 4.69) is 9.97 Å². The minimum atomic E-state index is -0.195. The number of fused-ring (bicyclic) bond motifs is 1. The van der Waals surface area contributed by atoms with Crippen LogP contribution in [0, 0.1) is 12.8 Å². The number of ether oxygens (including phenoxy) is 1. The van der Waals surface area contributed by atoms with Crippen molar-refractivity contribution < 1.29 is 14.3 Å². The fourth-order valence-corrected chi connectivity index (χ4v) is 3.54. The Labute approximate surface area is 146 Å². The minimum Gasteiger partial charge on any atom is -0.383 e. The van der Waals surface area contributed by atoms with Crippen LogP contribution in [0.1, 0.15) is 29.9 Å². The van der Waals surface area contributed by atoms with Crippen LogP contribution in [0.2, 0.25) is 0 Å². The van der Waals surface area contributed by atoms with Crippen molar-refractivity contribution in [2.75, 3.05) is 33.4 Å². The second kappa shape index (κ2) is 7.35. The summed E-state index contributed by atoms with van der Waals surface area (Å²) in [5.41, 5.74) is 1.25. The fourth-order valence-electron chi connectivity index (χ4n) is 3.54. The second-order valence-corrected chi connectivity index (χ2v) is 6.65. The normalized spacial score (nSPS) is 20.6. The molecule has 2 aliphatic rings. The average Bonchev–Trinajstić information content (AvgIpc) is 2.59. The van der Waals surface area contributed by atoms with Crippen molar-refractivity contribution in [3.63, 3.8) is 0 Å². The molecule has 8 nitrogen and oxygen atoms in total. The van der Waals surface area contributed by atoms with Gasteiger partial charge in [-0.2, -0.15) is 0 Å².